The number of fused-ring (bicyclic) bond motifs is 1. The number of para-hydroxylation sites is 1. The van der Waals surface area contributed by atoms with Crippen molar-refractivity contribution in [3.63, 3.8) is 0 Å². The van der Waals surface area contributed by atoms with Gasteiger partial charge < -0.3 is 10.2 Å². The van der Waals surface area contributed by atoms with Crippen LogP contribution in [-0.2, 0) is 4.79 Å². The second kappa shape index (κ2) is 8.69. The summed E-state index contributed by atoms with van der Waals surface area (Å²) in [5.74, 6) is -1.13. The molecule has 0 bridgehead atoms. The monoisotopic (exact) mass is 379 g/mol. The third kappa shape index (κ3) is 4.22. The van der Waals surface area contributed by atoms with E-state index in [-0.39, 0.29) is 12.5 Å². The molecule has 2 aromatic carbocycles. The Morgan fingerprint density at radius 2 is 1.75 bits per heavy atom. The average molecular weight is 379 g/mol. The van der Waals surface area contributed by atoms with E-state index >= 15 is 0 Å². The van der Waals surface area contributed by atoms with Crippen LogP contribution in [0.2, 0.25) is 0 Å². The van der Waals surface area contributed by atoms with Crippen LogP contribution in [0.15, 0.2) is 48.5 Å². The van der Waals surface area contributed by atoms with Crippen LogP contribution in [0.25, 0.3) is 0 Å². The second-order valence-corrected chi connectivity index (χ2v) is 6.86. The van der Waals surface area contributed by atoms with E-state index in [9.17, 15) is 14.4 Å². The molecule has 3 rings (SSSR count). The number of amides is 3. The molecule has 2 aromatic rings. The standard InChI is InChI=1S/C22H25N3O3/c1-3-24(17-8-5-4-6-9-17)13-7-12-23-20(26)15-25-21(27)18-11-10-16(2)14-19(18)22(25)28/h4-6,8-11,14H,3,7,12-13,15H2,1-2H3,(H,23,26). The molecular weight excluding hydrogens is 354 g/mol. The Morgan fingerprint density at radius 1 is 1.04 bits per heavy atom. The minimum absolute atomic E-state index is 0.248. The minimum Gasteiger partial charge on any atom is -0.372 e. The molecule has 146 valence electrons. The number of carbonyl (C=O) groups excluding carboxylic acids is 3. The Morgan fingerprint density at radius 3 is 2.46 bits per heavy atom. The number of hydrogen-bond donors (Lipinski definition) is 1. The topological polar surface area (TPSA) is 69.7 Å². The fraction of sp³-hybridized carbons (Fsp3) is 0.318. The fourth-order valence-corrected chi connectivity index (χ4v) is 3.35. The van der Waals surface area contributed by atoms with Crippen LogP contribution in [-0.4, -0.2) is 48.8 Å². The average Bonchev–Trinajstić information content (AvgIpc) is 2.93. The van der Waals surface area contributed by atoms with Gasteiger partial charge in [0, 0.05) is 25.3 Å². The summed E-state index contributed by atoms with van der Waals surface area (Å²) in [6.45, 7) is 5.89. The molecule has 0 fully saturated rings. The van der Waals surface area contributed by atoms with Crippen molar-refractivity contribution < 1.29 is 14.4 Å². The van der Waals surface area contributed by atoms with E-state index in [1.807, 2.05) is 25.1 Å². The first-order chi connectivity index (χ1) is 13.5. The Bertz CT molecular complexity index is 880. The zero-order valence-electron chi connectivity index (χ0n) is 16.3. The third-order valence-electron chi connectivity index (χ3n) is 4.86. The number of nitrogens with one attached hydrogen (secondary N) is 1. The quantitative estimate of drug-likeness (QED) is 0.565. The molecule has 1 aliphatic rings. The number of aryl methyl sites for hydroxylation is 1. The highest BCUT2D eigenvalue weighted by Crippen LogP contribution is 2.23. The van der Waals surface area contributed by atoms with Gasteiger partial charge >= 0.3 is 0 Å². The molecule has 0 saturated heterocycles. The smallest absolute Gasteiger partial charge is 0.262 e. The highest BCUT2D eigenvalue weighted by molar-refractivity contribution is 6.22. The first-order valence-electron chi connectivity index (χ1n) is 9.54. The summed E-state index contributed by atoms with van der Waals surface area (Å²) in [5.41, 5.74) is 2.80. The van der Waals surface area contributed by atoms with Crippen LogP contribution < -0.4 is 10.2 Å². The molecule has 0 aliphatic carbocycles. The van der Waals surface area contributed by atoms with E-state index in [0.717, 1.165) is 35.7 Å². The first-order valence-corrected chi connectivity index (χ1v) is 9.54. The van der Waals surface area contributed by atoms with Crippen LogP contribution in [0, 0.1) is 6.92 Å². The van der Waals surface area contributed by atoms with Crippen LogP contribution in [0.3, 0.4) is 0 Å². The summed E-state index contributed by atoms with van der Waals surface area (Å²) in [4.78, 5) is 40.3. The summed E-state index contributed by atoms with van der Waals surface area (Å²) >= 11 is 0. The number of anilines is 1. The molecule has 1 N–H and O–H groups in total. The van der Waals surface area contributed by atoms with Gasteiger partial charge in [0.15, 0.2) is 0 Å². The largest absolute Gasteiger partial charge is 0.372 e. The van der Waals surface area contributed by atoms with Crippen molar-refractivity contribution in [3.8, 4) is 0 Å². The predicted molar refractivity (Wildman–Crippen MR) is 109 cm³/mol. The van der Waals surface area contributed by atoms with Crippen molar-refractivity contribution in [2.24, 2.45) is 0 Å². The molecule has 28 heavy (non-hydrogen) atoms. The lowest BCUT2D eigenvalue weighted by Gasteiger charge is -2.23. The lowest BCUT2D eigenvalue weighted by Crippen LogP contribution is -2.41. The van der Waals surface area contributed by atoms with E-state index in [1.54, 1.807) is 18.2 Å². The molecule has 0 radical (unpaired) electrons. The predicted octanol–water partition coefficient (Wildman–Crippen LogP) is 2.62. The Kier molecular flexibility index (Phi) is 6.09. The van der Waals surface area contributed by atoms with Crippen molar-refractivity contribution in [1.82, 2.24) is 10.2 Å². The molecule has 6 heteroatoms. The van der Waals surface area contributed by atoms with Crippen LogP contribution >= 0.6 is 0 Å². The second-order valence-electron chi connectivity index (χ2n) is 6.86. The van der Waals surface area contributed by atoms with Gasteiger partial charge in [-0.2, -0.15) is 0 Å². The van der Waals surface area contributed by atoms with E-state index in [1.165, 1.54) is 0 Å². The summed E-state index contributed by atoms with van der Waals surface area (Å²) in [7, 11) is 0. The van der Waals surface area contributed by atoms with Crippen LogP contribution in [0.4, 0.5) is 5.69 Å². The van der Waals surface area contributed by atoms with E-state index in [2.05, 4.69) is 29.3 Å². The third-order valence-corrected chi connectivity index (χ3v) is 4.86. The number of imide groups is 1. The Balaban J connectivity index is 1.47. The van der Waals surface area contributed by atoms with E-state index in [0.29, 0.717) is 17.7 Å². The summed E-state index contributed by atoms with van der Waals surface area (Å²) in [5, 5.41) is 2.81. The highest BCUT2D eigenvalue weighted by Gasteiger charge is 2.36. The van der Waals surface area contributed by atoms with Crippen LogP contribution in [0.1, 0.15) is 39.6 Å². The van der Waals surface area contributed by atoms with Crippen molar-refractivity contribution in [2.45, 2.75) is 20.3 Å². The van der Waals surface area contributed by atoms with Gasteiger partial charge in [-0.15, -0.1) is 0 Å². The number of carbonyl (C=O) groups is 3. The lowest BCUT2D eigenvalue weighted by molar-refractivity contribution is -0.121. The fourth-order valence-electron chi connectivity index (χ4n) is 3.35. The normalized spacial score (nSPS) is 12.9. The zero-order chi connectivity index (χ0) is 20.1. The van der Waals surface area contributed by atoms with Crippen LogP contribution in [0.5, 0.6) is 0 Å². The molecule has 1 aliphatic heterocycles. The van der Waals surface area contributed by atoms with Crippen molar-refractivity contribution in [1.29, 1.82) is 0 Å². The maximum Gasteiger partial charge on any atom is 0.262 e. The number of rotatable bonds is 8. The Hall–Kier alpha value is -3.15. The first kappa shape index (κ1) is 19.6. The maximum absolute atomic E-state index is 12.4. The molecule has 1 heterocycles. The van der Waals surface area contributed by atoms with Crippen molar-refractivity contribution >= 4 is 23.4 Å². The van der Waals surface area contributed by atoms with Gasteiger partial charge in [0.05, 0.1) is 11.1 Å². The van der Waals surface area contributed by atoms with Gasteiger partial charge in [0.2, 0.25) is 5.91 Å². The summed E-state index contributed by atoms with van der Waals surface area (Å²) in [6.07, 6.45) is 0.774. The molecule has 0 saturated carbocycles. The van der Waals surface area contributed by atoms with E-state index in [4.69, 9.17) is 0 Å². The van der Waals surface area contributed by atoms with E-state index < -0.39 is 11.8 Å². The molecule has 0 spiro atoms. The molecule has 0 atom stereocenters. The summed E-state index contributed by atoms with van der Waals surface area (Å²) < 4.78 is 0. The van der Waals surface area contributed by atoms with Gasteiger partial charge in [0.25, 0.3) is 11.8 Å². The number of nitrogens with zero attached hydrogens (tertiary/aromatic N) is 2. The van der Waals surface area contributed by atoms with Gasteiger partial charge in [-0.05, 0) is 44.5 Å². The molecular formula is C22H25N3O3. The van der Waals surface area contributed by atoms with Crippen molar-refractivity contribution in [3.05, 3.63) is 65.2 Å². The number of benzene rings is 2. The lowest BCUT2D eigenvalue weighted by atomic mass is 10.1. The Labute approximate surface area is 165 Å². The molecule has 0 aromatic heterocycles. The minimum atomic E-state index is -0.406. The molecule has 6 nitrogen and oxygen atoms in total. The van der Waals surface area contributed by atoms with Gasteiger partial charge in [0.1, 0.15) is 6.54 Å². The zero-order valence-corrected chi connectivity index (χ0v) is 16.3. The van der Waals surface area contributed by atoms with Gasteiger partial charge in [-0.25, -0.2) is 0 Å². The van der Waals surface area contributed by atoms with Crippen molar-refractivity contribution in [2.75, 3.05) is 31.1 Å². The van der Waals surface area contributed by atoms with Gasteiger partial charge in [-0.3, -0.25) is 19.3 Å². The SMILES string of the molecule is CCN(CCCNC(=O)CN1C(=O)c2ccc(C)cc2C1=O)c1ccccc1. The summed E-state index contributed by atoms with van der Waals surface area (Å²) in [6, 6.07) is 15.2. The highest BCUT2D eigenvalue weighted by atomic mass is 16.2. The maximum atomic E-state index is 12.4. The van der Waals surface area contributed by atoms with Gasteiger partial charge in [-0.1, -0.05) is 29.8 Å². The number of hydrogen-bond acceptors (Lipinski definition) is 4. The molecule has 0 unspecified atom stereocenters. The molecule has 3 amide bonds.